The molecule has 5 heteroatoms. The third kappa shape index (κ3) is 3.71. The molecule has 1 atom stereocenters. The van der Waals surface area contributed by atoms with Gasteiger partial charge in [-0.15, -0.1) is 0 Å². The van der Waals surface area contributed by atoms with E-state index < -0.39 is 6.23 Å². The molecule has 0 spiro atoms. The molecule has 1 unspecified atom stereocenters. The normalized spacial score (nSPS) is 21.9. The molecule has 0 fully saturated rings. The molecule has 0 saturated carbocycles. The Hall–Kier alpha value is -1.07. The summed E-state index contributed by atoms with van der Waals surface area (Å²) in [6.45, 7) is 5.91. The van der Waals surface area contributed by atoms with Gasteiger partial charge < -0.3 is 10.0 Å². The van der Waals surface area contributed by atoms with Crippen LogP contribution < -0.4 is 0 Å². The van der Waals surface area contributed by atoms with Gasteiger partial charge in [0.1, 0.15) is 6.23 Å². The van der Waals surface area contributed by atoms with Crippen molar-refractivity contribution in [2.45, 2.75) is 27.0 Å². The molecular formula is C13H21N3OS. The van der Waals surface area contributed by atoms with Crippen LogP contribution >= 0.6 is 11.8 Å². The van der Waals surface area contributed by atoms with Crippen molar-refractivity contribution >= 4 is 22.6 Å². The average molecular weight is 267 g/mol. The van der Waals surface area contributed by atoms with Crippen molar-refractivity contribution in [3.63, 3.8) is 0 Å². The van der Waals surface area contributed by atoms with Gasteiger partial charge in [-0.05, 0) is 32.4 Å². The number of hydrogen-bond acceptors (Lipinski definition) is 5. The summed E-state index contributed by atoms with van der Waals surface area (Å²) in [7, 11) is 3.64. The Labute approximate surface area is 113 Å². The van der Waals surface area contributed by atoms with Crippen molar-refractivity contribution in [3.05, 3.63) is 23.4 Å². The van der Waals surface area contributed by atoms with Gasteiger partial charge in [-0.25, -0.2) is 4.99 Å². The number of likely N-dealkylation sites (N-methyl/N-ethyl adjacent to an activating group) is 1. The average Bonchev–Trinajstić information content (AvgIpc) is 2.35. The summed E-state index contributed by atoms with van der Waals surface area (Å²) in [4.78, 5) is 10.4. The summed E-state index contributed by atoms with van der Waals surface area (Å²) in [6, 6.07) is 0. The van der Waals surface area contributed by atoms with E-state index in [1.54, 1.807) is 29.8 Å². The van der Waals surface area contributed by atoms with Crippen LogP contribution in [0.4, 0.5) is 0 Å². The molecule has 0 radical (unpaired) electrons. The third-order valence-electron chi connectivity index (χ3n) is 2.87. The first-order valence-electron chi connectivity index (χ1n) is 5.89. The molecule has 0 aromatic rings. The molecule has 18 heavy (non-hydrogen) atoms. The second-order valence-corrected chi connectivity index (χ2v) is 5.08. The van der Waals surface area contributed by atoms with Crippen LogP contribution in [0.25, 0.3) is 0 Å². The topological polar surface area (TPSA) is 48.2 Å². The maximum atomic E-state index is 9.81. The zero-order valence-electron chi connectivity index (χ0n) is 11.6. The number of nitrogens with zero attached hydrogens (tertiary/aromatic N) is 3. The van der Waals surface area contributed by atoms with Crippen LogP contribution in [0.2, 0.25) is 0 Å². The number of aliphatic imine (C=N–C) groups is 2. The molecular weight excluding hydrogens is 246 g/mol. The van der Waals surface area contributed by atoms with Gasteiger partial charge in [-0.2, -0.15) is 0 Å². The maximum absolute atomic E-state index is 9.81. The highest BCUT2D eigenvalue weighted by Crippen LogP contribution is 2.20. The van der Waals surface area contributed by atoms with E-state index in [2.05, 4.69) is 16.1 Å². The minimum absolute atomic E-state index is 0.583. The highest BCUT2D eigenvalue weighted by molar-refractivity contribution is 8.14. The van der Waals surface area contributed by atoms with Crippen LogP contribution in [0.15, 0.2) is 33.4 Å². The molecule has 1 N–H and O–H groups in total. The summed E-state index contributed by atoms with van der Waals surface area (Å²) in [5.41, 5.74) is 3.09. The summed E-state index contributed by atoms with van der Waals surface area (Å²) in [6.07, 6.45) is 3.22. The second-order valence-electron chi connectivity index (χ2n) is 4.14. The quantitative estimate of drug-likeness (QED) is 0.798. The molecule has 0 bridgehead atoms. The van der Waals surface area contributed by atoms with Crippen LogP contribution in [-0.4, -0.2) is 47.0 Å². The number of rotatable bonds is 3. The van der Waals surface area contributed by atoms with Crippen LogP contribution in [0.1, 0.15) is 20.8 Å². The standard InChI is InChI=1S/C13H21N3OS/c1-6-11(10(3)14-4)8-18-13-15-9(2)7-12(17)16(13)5/h6-7,12,17H,8H2,1-5H3/b11-6-,14-10-. The lowest BCUT2D eigenvalue weighted by Crippen LogP contribution is -2.36. The molecule has 0 amide bonds. The molecule has 1 rings (SSSR count). The van der Waals surface area contributed by atoms with E-state index in [0.29, 0.717) is 0 Å². The van der Waals surface area contributed by atoms with Crippen molar-refractivity contribution in [2.75, 3.05) is 19.8 Å². The fraction of sp³-hybridized carbons (Fsp3) is 0.538. The largest absolute Gasteiger partial charge is 0.370 e. The number of thioether (sulfide) groups is 1. The van der Waals surface area contributed by atoms with Crippen molar-refractivity contribution in [2.24, 2.45) is 9.98 Å². The summed E-state index contributed by atoms with van der Waals surface area (Å²) in [5, 5.41) is 10.7. The van der Waals surface area contributed by atoms with Gasteiger partial charge >= 0.3 is 0 Å². The van der Waals surface area contributed by atoms with Gasteiger partial charge in [-0.1, -0.05) is 17.8 Å². The van der Waals surface area contributed by atoms with E-state index in [9.17, 15) is 5.11 Å². The Morgan fingerprint density at radius 3 is 2.89 bits per heavy atom. The Morgan fingerprint density at radius 2 is 2.33 bits per heavy atom. The Balaban J connectivity index is 2.72. The fourth-order valence-electron chi connectivity index (χ4n) is 1.52. The SMILES string of the molecule is C/C=C(CSC1=NC(C)=CC(O)N1C)\C(C)=N/C. The minimum Gasteiger partial charge on any atom is -0.370 e. The van der Waals surface area contributed by atoms with E-state index in [0.717, 1.165) is 22.3 Å². The molecule has 100 valence electrons. The first-order valence-corrected chi connectivity index (χ1v) is 6.88. The summed E-state index contributed by atoms with van der Waals surface area (Å²) in [5.74, 6) is 0.808. The van der Waals surface area contributed by atoms with E-state index in [4.69, 9.17) is 0 Å². The highest BCUT2D eigenvalue weighted by atomic mass is 32.2. The third-order valence-corrected chi connectivity index (χ3v) is 3.96. The second kappa shape index (κ2) is 6.75. The van der Waals surface area contributed by atoms with Gasteiger partial charge in [0.15, 0.2) is 5.17 Å². The van der Waals surface area contributed by atoms with Crippen molar-refractivity contribution in [1.82, 2.24) is 4.90 Å². The predicted octanol–water partition coefficient (Wildman–Crippen LogP) is 2.28. The van der Waals surface area contributed by atoms with Crippen LogP contribution in [0.3, 0.4) is 0 Å². The highest BCUT2D eigenvalue weighted by Gasteiger charge is 2.19. The number of amidine groups is 1. The van der Waals surface area contributed by atoms with Crippen LogP contribution in [-0.2, 0) is 0 Å². The summed E-state index contributed by atoms with van der Waals surface area (Å²) >= 11 is 1.62. The maximum Gasteiger partial charge on any atom is 0.166 e. The monoisotopic (exact) mass is 267 g/mol. The molecule has 1 aliphatic heterocycles. The van der Waals surface area contributed by atoms with Gasteiger partial charge in [0, 0.05) is 31.3 Å². The van der Waals surface area contributed by atoms with Gasteiger partial charge in [0.25, 0.3) is 0 Å². The first-order chi connectivity index (χ1) is 8.49. The van der Waals surface area contributed by atoms with Crippen molar-refractivity contribution in [3.8, 4) is 0 Å². The molecule has 1 aliphatic rings. The van der Waals surface area contributed by atoms with E-state index in [1.807, 2.05) is 27.8 Å². The number of hydrogen-bond donors (Lipinski definition) is 1. The van der Waals surface area contributed by atoms with Crippen LogP contribution in [0.5, 0.6) is 0 Å². The Kier molecular flexibility index (Phi) is 5.62. The Morgan fingerprint density at radius 1 is 1.67 bits per heavy atom. The van der Waals surface area contributed by atoms with Gasteiger partial charge in [0.05, 0.1) is 0 Å². The molecule has 0 aromatic heterocycles. The lowest BCUT2D eigenvalue weighted by Gasteiger charge is -2.28. The lowest BCUT2D eigenvalue weighted by atomic mass is 10.2. The smallest absolute Gasteiger partial charge is 0.166 e. The number of allylic oxidation sites excluding steroid dienone is 2. The van der Waals surface area contributed by atoms with E-state index >= 15 is 0 Å². The number of aliphatic hydroxyl groups is 1. The van der Waals surface area contributed by atoms with Crippen molar-refractivity contribution in [1.29, 1.82) is 0 Å². The van der Waals surface area contributed by atoms with Gasteiger partial charge in [-0.3, -0.25) is 4.99 Å². The van der Waals surface area contributed by atoms with Gasteiger partial charge in [0.2, 0.25) is 0 Å². The molecule has 0 aliphatic carbocycles. The van der Waals surface area contributed by atoms with E-state index in [-0.39, 0.29) is 0 Å². The van der Waals surface area contributed by atoms with E-state index in [1.165, 1.54) is 5.57 Å². The summed E-state index contributed by atoms with van der Waals surface area (Å²) < 4.78 is 0. The minimum atomic E-state index is -0.583. The Bertz CT molecular complexity index is 424. The van der Waals surface area contributed by atoms with Crippen LogP contribution in [0, 0.1) is 0 Å². The molecule has 0 saturated heterocycles. The van der Waals surface area contributed by atoms with Crippen molar-refractivity contribution < 1.29 is 5.11 Å². The molecule has 0 aromatic carbocycles. The number of aliphatic hydroxyl groups excluding tert-OH is 1. The zero-order valence-corrected chi connectivity index (χ0v) is 12.5. The molecule has 1 heterocycles. The molecule has 4 nitrogen and oxygen atoms in total. The predicted molar refractivity (Wildman–Crippen MR) is 80.2 cm³/mol. The fourth-order valence-corrected chi connectivity index (χ4v) is 2.70. The first kappa shape index (κ1) is 15.0. The zero-order chi connectivity index (χ0) is 13.7. The lowest BCUT2D eigenvalue weighted by molar-refractivity contribution is 0.114.